The molecule has 0 aromatic heterocycles. The predicted octanol–water partition coefficient (Wildman–Crippen LogP) is 1.05. The monoisotopic (exact) mass is 484 g/mol. The zero-order valence-corrected chi connectivity index (χ0v) is 18.5. The van der Waals surface area contributed by atoms with Crippen LogP contribution in [0.3, 0.4) is 0 Å². The van der Waals surface area contributed by atoms with Crippen molar-refractivity contribution in [2.75, 3.05) is 6.61 Å². The van der Waals surface area contributed by atoms with Gasteiger partial charge in [-0.2, -0.15) is 0 Å². The average molecular weight is 484 g/mol. The number of alkyl halides is 1. The second kappa shape index (κ2) is 7.54. The van der Waals surface area contributed by atoms with Crippen LogP contribution in [0.1, 0.15) is 39.5 Å². The van der Waals surface area contributed by atoms with Crippen LogP contribution >= 0.6 is 0 Å². The summed E-state index contributed by atoms with van der Waals surface area (Å²) in [6.45, 7) is 1.78. The van der Waals surface area contributed by atoms with E-state index in [1.807, 2.05) is 0 Å². The molecule has 4 aliphatic carbocycles. The summed E-state index contributed by atoms with van der Waals surface area (Å²) >= 11 is 0. The first-order valence-corrected chi connectivity index (χ1v) is 10.9. The first-order chi connectivity index (χ1) is 15.7. The molecule has 13 heteroatoms. The maximum absolute atomic E-state index is 17.3. The quantitative estimate of drug-likeness (QED) is 0.409. The van der Waals surface area contributed by atoms with E-state index in [1.165, 1.54) is 32.1 Å². The zero-order chi connectivity index (χ0) is 25.3. The van der Waals surface area contributed by atoms with E-state index in [-0.39, 0.29) is 25.0 Å². The molecule has 34 heavy (non-hydrogen) atoms. The van der Waals surface area contributed by atoms with Crippen LogP contribution in [0.25, 0.3) is 0 Å². The normalized spacial score (nSPS) is 44.9. The van der Waals surface area contributed by atoms with Gasteiger partial charge in [0, 0.05) is 16.7 Å². The number of carbonyl (C=O) groups excluding carboxylic acids is 2. The third-order valence-corrected chi connectivity index (χ3v) is 8.78. The number of aliphatic hydroxyl groups excluding tert-OH is 1. The minimum absolute atomic E-state index is 0.124. The average Bonchev–Trinajstić information content (AvgIpc) is 2.94. The predicted molar refractivity (Wildman–Crippen MR) is 109 cm³/mol. The van der Waals surface area contributed by atoms with Gasteiger partial charge in [0.15, 0.2) is 29.4 Å². The second-order valence-electron chi connectivity index (χ2n) is 10.0. The van der Waals surface area contributed by atoms with Gasteiger partial charge >= 0.3 is 0 Å². The molecule has 3 fully saturated rings. The molecular weight excluding hydrogens is 459 g/mol. The molecule has 0 aromatic carbocycles. The molecule has 0 aromatic rings. The van der Waals surface area contributed by atoms with E-state index in [1.54, 1.807) is 0 Å². The molecule has 4 aliphatic rings. The number of hydrogen-bond acceptors (Lipinski definition) is 10. The van der Waals surface area contributed by atoms with Crippen molar-refractivity contribution in [1.82, 2.24) is 0 Å². The van der Waals surface area contributed by atoms with E-state index < -0.39 is 75.1 Å². The van der Waals surface area contributed by atoms with E-state index >= 15 is 4.39 Å². The summed E-state index contributed by atoms with van der Waals surface area (Å²) in [7, 11) is 0. The molecule has 0 saturated heterocycles. The van der Waals surface area contributed by atoms with Gasteiger partial charge in [0.1, 0.15) is 6.10 Å². The number of hydrogen-bond donors (Lipinski definition) is 2. The number of allylic oxidation sites excluding steroid dienone is 4. The van der Waals surface area contributed by atoms with Crippen LogP contribution in [0.4, 0.5) is 4.39 Å². The fourth-order valence-corrected chi connectivity index (χ4v) is 7.13. The van der Waals surface area contributed by atoms with Crippen molar-refractivity contribution < 1.29 is 44.0 Å². The molecule has 8 atom stereocenters. The highest BCUT2D eigenvalue weighted by molar-refractivity contribution is 6.01. The minimum Gasteiger partial charge on any atom is -0.390 e. The molecule has 186 valence electrons. The number of ketones is 2. The molecule has 0 spiro atoms. The summed E-state index contributed by atoms with van der Waals surface area (Å²) in [5, 5.41) is 41.8. The number of fused-ring (bicyclic) bond motifs is 5. The highest BCUT2D eigenvalue weighted by atomic mass is 19.1. The largest absolute Gasteiger partial charge is 0.390 e. The number of halogens is 1. The Kier molecular flexibility index (Phi) is 5.36. The summed E-state index contributed by atoms with van der Waals surface area (Å²) in [4.78, 5) is 55.7. The first kappa shape index (κ1) is 24.2. The Hall–Kier alpha value is -2.93. The van der Waals surface area contributed by atoms with Crippen LogP contribution in [0, 0.1) is 42.9 Å². The van der Waals surface area contributed by atoms with Crippen LogP contribution in [0.5, 0.6) is 0 Å². The van der Waals surface area contributed by atoms with Gasteiger partial charge in [-0.25, -0.2) is 4.39 Å². The lowest BCUT2D eigenvalue weighted by molar-refractivity contribution is -0.775. The Morgan fingerprint density at radius 1 is 1.26 bits per heavy atom. The standard InChI is InChI=1S/C21H25FN2O10/c1-18-6-5-12(25)7-11(18)3-4-13-14-8-15(26)21(28,16(27)10-33-23(29)30)19(14,2)9-17(20(13,18)22)34-24(31)32/h5-7,13-15,17,26,28H,3-4,8-10H2,1-2H3/t13?,14-,15+,17-,18-,19-,20-,21-/m0/s1. The van der Waals surface area contributed by atoms with E-state index in [9.17, 15) is 40.0 Å². The van der Waals surface area contributed by atoms with Gasteiger partial charge in [-0.3, -0.25) is 9.59 Å². The Morgan fingerprint density at radius 3 is 2.56 bits per heavy atom. The molecule has 2 N–H and O–H groups in total. The van der Waals surface area contributed by atoms with Gasteiger partial charge in [-0.05, 0) is 50.7 Å². The summed E-state index contributed by atoms with van der Waals surface area (Å²) in [5.41, 5.74) is -7.57. The van der Waals surface area contributed by atoms with Gasteiger partial charge < -0.3 is 19.9 Å². The van der Waals surface area contributed by atoms with Crippen molar-refractivity contribution in [3.05, 3.63) is 44.0 Å². The summed E-state index contributed by atoms with van der Waals surface area (Å²) in [5.74, 6) is -3.33. The maximum atomic E-state index is 17.3. The van der Waals surface area contributed by atoms with Crippen LogP contribution < -0.4 is 0 Å². The highest BCUT2D eigenvalue weighted by Gasteiger charge is 2.77. The molecular formula is C21H25FN2O10. The SMILES string of the molecule is C[C@]12C=CC(=O)C=C1CCC1[C@@H]3C[C@@H](O)[C@](O)(C(=O)CO[N+](=O)[O-])[C@@]3(C)C[C@H](O[N+](=O)[O-])[C@@]12F. The molecule has 0 heterocycles. The smallest absolute Gasteiger partial charge is 0.294 e. The lowest BCUT2D eigenvalue weighted by atomic mass is 9.44. The number of Topliss-reactive ketones (excluding diaryl/α,β-unsaturated/α-hetero) is 1. The van der Waals surface area contributed by atoms with Gasteiger partial charge in [0.25, 0.3) is 10.2 Å². The van der Waals surface area contributed by atoms with Gasteiger partial charge in [0.05, 0.1) is 6.10 Å². The van der Waals surface area contributed by atoms with Gasteiger partial charge in [-0.15, -0.1) is 20.2 Å². The summed E-state index contributed by atoms with van der Waals surface area (Å²) in [6.07, 6.45) is 0.0783. The van der Waals surface area contributed by atoms with E-state index in [0.29, 0.717) is 5.57 Å². The van der Waals surface area contributed by atoms with Crippen LogP contribution in [0.2, 0.25) is 0 Å². The molecule has 3 saturated carbocycles. The van der Waals surface area contributed by atoms with Crippen molar-refractivity contribution in [1.29, 1.82) is 0 Å². The first-order valence-electron chi connectivity index (χ1n) is 10.9. The van der Waals surface area contributed by atoms with Crippen LogP contribution in [-0.4, -0.2) is 62.0 Å². The van der Waals surface area contributed by atoms with E-state index in [4.69, 9.17) is 4.84 Å². The van der Waals surface area contributed by atoms with Crippen molar-refractivity contribution in [2.45, 2.75) is 63.0 Å². The Balaban J connectivity index is 1.83. The topological polar surface area (TPSA) is 179 Å². The minimum atomic E-state index is -2.58. The van der Waals surface area contributed by atoms with Crippen molar-refractivity contribution >= 4 is 11.6 Å². The number of aliphatic hydroxyl groups is 2. The summed E-state index contributed by atoms with van der Waals surface area (Å²) < 4.78 is 17.3. The number of rotatable bonds is 6. The Bertz CT molecular complexity index is 1030. The highest BCUT2D eigenvalue weighted by Crippen LogP contribution is 2.70. The van der Waals surface area contributed by atoms with Crippen LogP contribution in [0.15, 0.2) is 23.8 Å². The molecule has 1 unspecified atom stereocenters. The maximum Gasteiger partial charge on any atom is 0.294 e. The van der Waals surface area contributed by atoms with Gasteiger partial charge in [-0.1, -0.05) is 18.6 Å². The van der Waals surface area contributed by atoms with Crippen molar-refractivity contribution in [3.8, 4) is 0 Å². The fraction of sp³-hybridized carbons (Fsp3) is 0.714. The molecule has 0 radical (unpaired) electrons. The third-order valence-electron chi connectivity index (χ3n) is 8.78. The molecule has 0 amide bonds. The lowest BCUT2D eigenvalue weighted by Gasteiger charge is -2.62. The molecule has 0 bridgehead atoms. The fourth-order valence-electron chi connectivity index (χ4n) is 7.13. The zero-order valence-electron chi connectivity index (χ0n) is 18.5. The van der Waals surface area contributed by atoms with Crippen molar-refractivity contribution in [2.24, 2.45) is 22.7 Å². The third kappa shape index (κ3) is 2.95. The van der Waals surface area contributed by atoms with E-state index in [0.717, 1.165) is 0 Å². The Labute approximate surface area is 192 Å². The second-order valence-corrected chi connectivity index (χ2v) is 10.0. The molecule has 12 nitrogen and oxygen atoms in total. The van der Waals surface area contributed by atoms with Crippen LogP contribution in [-0.2, 0) is 19.3 Å². The Morgan fingerprint density at radius 2 is 1.94 bits per heavy atom. The summed E-state index contributed by atoms with van der Waals surface area (Å²) in [6, 6.07) is 0. The van der Waals surface area contributed by atoms with Crippen molar-refractivity contribution in [3.63, 3.8) is 0 Å². The lowest BCUT2D eigenvalue weighted by Crippen LogP contribution is -2.70. The molecule has 0 aliphatic heterocycles. The number of carbonyl (C=O) groups is 2. The van der Waals surface area contributed by atoms with E-state index in [2.05, 4.69) is 4.84 Å². The number of nitrogens with zero attached hydrogens (tertiary/aromatic N) is 2. The molecule has 4 rings (SSSR count). The van der Waals surface area contributed by atoms with Gasteiger partial charge in [0.2, 0.25) is 0 Å².